The molecule has 0 saturated heterocycles. The second-order valence-corrected chi connectivity index (χ2v) is 10.3. The van der Waals surface area contributed by atoms with Gasteiger partial charge in [-0.15, -0.1) is 49.0 Å². The minimum absolute atomic E-state index is 0.283. The smallest absolute Gasteiger partial charge is 0.00412 e. The molecule has 5 rings (SSSR count). The predicted molar refractivity (Wildman–Crippen MR) is 114 cm³/mol. The molecule has 0 nitrogen and oxygen atoms in total. The van der Waals surface area contributed by atoms with Crippen molar-refractivity contribution in [1.29, 1.82) is 0 Å². The van der Waals surface area contributed by atoms with E-state index in [1.54, 1.807) is 0 Å². The van der Waals surface area contributed by atoms with Gasteiger partial charge in [0.25, 0.3) is 0 Å². The molecule has 3 aromatic carbocycles. The molecule has 1 aromatic heterocycles. The maximum Gasteiger partial charge on any atom is 0.00412 e. The second-order valence-electron chi connectivity index (χ2n) is 5.66. The molecule has 130 valence electrons. The van der Waals surface area contributed by atoms with E-state index in [1.807, 2.05) is 12.2 Å². The van der Waals surface area contributed by atoms with Crippen LogP contribution in [0.1, 0.15) is 6.42 Å². The Morgan fingerprint density at radius 1 is 0.962 bits per heavy atom. The molecule has 0 amide bonds. The third kappa shape index (κ3) is 4.98. The summed E-state index contributed by atoms with van der Waals surface area (Å²) in [5.74, 6) is 2.37. The van der Waals surface area contributed by atoms with Crippen molar-refractivity contribution in [1.82, 2.24) is 0 Å². The first-order chi connectivity index (χ1) is 12.8. The van der Waals surface area contributed by atoms with E-state index in [1.165, 1.54) is 26.6 Å². The summed E-state index contributed by atoms with van der Waals surface area (Å²) in [4.78, 5) is 0. The number of hydrogen-bond donors (Lipinski definition) is 0. The van der Waals surface area contributed by atoms with Gasteiger partial charge in [0.05, 0.1) is 0 Å². The van der Waals surface area contributed by atoms with Crippen molar-refractivity contribution in [2.24, 2.45) is 0 Å². The second kappa shape index (κ2) is 10.3. The van der Waals surface area contributed by atoms with Gasteiger partial charge in [0, 0.05) is 5.12 Å². The average molecular weight is 431 g/mol. The van der Waals surface area contributed by atoms with Crippen molar-refractivity contribution in [3.8, 4) is 5.30 Å². The summed E-state index contributed by atoms with van der Waals surface area (Å²) in [5, 5.41) is 7.05. The van der Waals surface area contributed by atoms with E-state index in [2.05, 4.69) is 84.7 Å². The zero-order valence-electron chi connectivity index (χ0n) is 14.1. The molecular formula is C22H17Cl2PTi-2. The molecule has 1 aliphatic carbocycles. The third-order valence-electron chi connectivity index (χ3n) is 4.07. The Bertz CT molecular complexity index is 984. The molecule has 1 atom stereocenters. The molecule has 0 spiro atoms. The minimum Gasteiger partial charge on any atom is -0.157 e. The van der Waals surface area contributed by atoms with Gasteiger partial charge in [-0.25, -0.2) is 12.2 Å². The first-order valence-corrected chi connectivity index (χ1v) is 13.9. The molecular weight excluding hydrogens is 414 g/mol. The van der Waals surface area contributed by atoms with Crippen molar-refractivity contribution in [2.45, 2.75) is 6.42 Å². The molecule has 0 fully saturated rings. The summed E-state index contributed by atoms with van der Waals surface area (Å²) in [7, 11) is 9.49. The fourth-order valence-corrected chi connectivity index (χ4v) is 5.07. The van der Waals surface area contributed by atoms with Crippen molar-refractivity contribution in [3.63, 3.8) is 0 Å². The van der Waals surface area contributed by atoms with Gasteiger partial charge in [-0.05, 0) is 17.3 Å². The van der Waals surface area contributed by atoms with Crippen LogP contribution in [0.4, 0.5) is 0 Å². The number of hydrogen-bond acceptors (Lipinski definition) is 0. The van der Waals surface area contributed by atoms with Gasteiger partial charge in [0.2, 0.25) is 0 Å². The fraction of sp³-hybridized carbons (Fsp3) is 0.0455. The Hall–Kier alpha value is -1.14. The maximum atomic E-state index is 4.89. The molecule has 0 saturated carbocycles. The quantitative estimate of drug-likeness (QED) is 0.210. The van der Waals surface area contributed by atoms with Crippen LogP contribution in [0.2, 0.25) is 0 Å². The molecule has 4 aromatic rings. The Morgan fingerprint density at radius 2 is 1.69 bits per heavy atom. The van der Waals surface area contributed by atoms with Crippen LogP contribution < -0.4 is 0 Å². The summed E-state index contributed by atoms with van der Waals surface area (Å²) >= 11 is -0.556. The van der Waals surface area contributed by atoms with Crippen molar-refractivity contribution >= 4 is 47.4 Å². The van der Waals surface area contributed by atoms with Crippen LogP contribution in [0.15, 0.2) is 90.8 Å². The minimum atomic E-state index is -0.556. The molecule has 0 aliphatic heterocycles. The monoisotopic (exact) mass is 430 g/mol. The van der Waals surface area contributed by atoms with Crippen LogP contribution >= 0.6 is 26.1 Å². The van der Waals surface area contributed by atoms with E-state index >= 15 is 0 Å². The van der Waals surface area contributed by atoms with E-state index < -0.39 is 17.0 Å². The van der Waals surface area contributed by atoms with Crippen molar-refractivity contribution in [3.05, 3.63) is 96.8 Å². The molecule has 4 heteroatoms. The van der Waals surface area contributed by atoms with E-state index in [0.29, 0.717) is 0 Å². The van der Waals surface area contributed by atoms with Gasteiger partial charge in [0.1, 0.15) is 0 Å². The van der Waals surface area contributed by atoms with Crippen molar-refractivity contribution in [2.75, 3.05) is 0 Å². The Labute approximate surface area is 172 Å². The van der Waals surface area contributed by atoms with Gasteiger partial charge in [-0.1, -0.05) is 35.6 Å². The van der Waals surface area contributed by atoms with E-state index in [4.69, 9.17) is 18.6 Å². The standard InChI is InChI=1S/C17H12P.C5H5.2ClH.Ti/c1-2-7-15-12-16(11-14(15)6-1)18-10-9-13-5-3-4-8-17(13)18;1-2-4-5-3-1;;;/h1-12H;1-3H,4H2;2*1H;/q2*-1;;;+2/p-2. The maximum absolute atomic E-state index is 4.89. The Kier molecular flexibility index (Phi) is 7.75. The largest absolute Gasteiger partial charge is 0.157 e. The van der Waals surface area contributed by atoms with Gasteiger partial charge in [0.15, 0.2) is 0 Å². The van der Waals surface area contributed by atoms with Crippen LogP contribution in [0.5, 0.6) is 0 Å². The number of allylic oxidation sites excluding steroid dienone is 4. The Balaban J connectivity index is 0.000000207. The molecule has 0 bridgehead atoms. The normalized spacial score (nSPS) is 12.5. The summed E-state index contributed by atoms with van der Waals surface area (Å²) in [5.41, 5.74) is 0. The number of fused-ring (bicyclic) bond motifs is 2. The van der Waals surface area contributed by atoms with Crippen molar-refractivity contribution < 1.29 is 17.0 Å². The fourth-order valence-electron chi connectivity index (χ4n) is 2.92. The summed E-state index contributed by atoms with van der Waals surface area (Å²) < 4.78 is 0. The van der Waals surface area contributed by atoms with Gasteiger partial charge < -0.3 is 0 Å². The van der Waals surface area contributed by atoms with Crippen LogP contribution in [-0.4, -0.2) is 0 Å². The topological polar surface area (TPSA) is 0 Å². The van der Waals surface area contributed by atoms with Crippen LogP contribution in [0, 0.1) is 6.08 Å². The molecule has 1 unspecified atom stereocenters. The van der Waals surface area contributed by atoms with Crippen LogP contribution in [0.3, 0.4) is 0 Å². The van der Waals surface area contributed by atoms with Crippen LogP contribution in [0.25, 0.3) is 26.6 Å². The molecule has 0 radical (unpaired) electrons. The van der Waals surface area contributed by atoms with Gasteiger partial charge in [-0.3, -0.25) is 6.08 Å². The third-order valence-corrected chi connectivity index (χ3v) is 6.25. The number of rotatable bonds is 1. The van der Waals surface area contributed by atoms with Gasteiger partial charge in [-0.2, -0.15) is 12.1 Å². The van der Waals surface area contributed by atoms with E-state index in [0.717, 1.165) is 6.42 Å². The average Bonchev–Trinajstić information content (AvgIpc) is 3.42. The van der Waals surface area contributed by atoms with Gasteiger partial charge >= 0.3 is 35.6 Å². The molecule has 1 aliphatic rings. The first-order valence-electron chi connectivity index (χ1n) is 8.23. The summed E-state index contributed by atoms with van der Waals surface area (Å²) in [6.07, 6.45) is 10.0. The van der Waals surface area contributed by atoms with Crippen LogP contribution in [-0.2, 0) is 17.0 Å². The molecule has 0 N–H and O–H groups in total. The first kappa shape index (κ1) is 19.6. The zero-order valence-corrected chi connectivity index (χ0v) is 18.0. The number of benzene rings is 2. The summed E-state index contributed by atoms with van der Waals surface area (Å²) in [6, 6.07) is 24.3. The zero-order chi connectivity index (χ0) is 18.2. The van der Waals surface area contributed by atoms with E-state index in [-0.39, 0.29) is 7.53 Å². The predicted octanol–water partition coefficient (Wildman–Crippen LogP) is 8.37. The molecule has 1 heterocycles. The SMILES string of the molecule is [C-]1=CC=CC1.[Cl][Ti][Cl].c1ccc2[cH-]c(-p3ccc4ccccc43)cc2c1. The van der Waals surface area contributed by atoms with E-state index in [9.17, 15) is 0 Å². The number of halogens is 2. The Morgan fingerprint density at radius 3 is 2.35 bits per heavy atom. The summed E-state index contributed by atoms with van der Waals surface area (Å²) in [6.45, 7) is 0. The molecule has 26 heavy (non-hydrogen) atoms.